The Morgan fingerprint density at radius 1 is 0.861 bits per heavy atom. The van der Waals surface area contributed by atoms with Gasteiger partial charge in [0, 0.05) is 56.0 Å². The van der Waals surface area contributed by atoms with E-state index in [4.69, 9.17) is 0 Å². The van der Waals surface area contributed by atoms with E-state index in [9.17, 15) is 14.4 Å². The van der Waals surface area contributed by atoms with E-state index in [1.165, 1.54) is 5.69 Å². The van der Waals surface area contributed by atoms with E-state index in [-0.39, 0.29) is 30.7 Å². The molecule has 0 bridgehead atoms. The second kappa shape index (κ2) is 10.8. The molecule has 2 aliphatic rings. The van der Waals surface area contributed by atoms with Crippen molar-refractivity contribution in [1.82, 2.24) is 15.1 Å². The van der Waals surface area contributed by atoms with E-state index >= 15 is 0 Å². The van der Waals surface area contributed by atoms with Crippen LogP contribution in [0.15, 0.2) is 72.8 Å². The molecule has 0 aromatic heterocycles. The fourth-order valence-electron chi connectivity index (χ4n) is 5.01. The minimum Gasteiger partial charge on any atom is -0.369 e. The summed E-state index contributed by atoms with van der Waals surface area (Å²) in [5.74, 6) is -0.680. The fourth-order valence-corrected chi connectivity index (χ4v) is 5.01. The Kier molecular flexibility index (Phi) is 7.13. The summed E-state index contributed by atoms with van der Waals surface area (Å²) in [4.78, 5) is 44.9. The lowest BCUT2D eigenvalue weighted by molar-refractivity contribution is -0.145. The number of anilines is 2. The largest absolute Gasteiger partial charge is 0.369 e. The fraction of sp³-hybridized carbons (Fsp3) is 0.321. The minimum atomic E-state index is -0.813. The molecule has 2 saturated heterocycles. The number of amides is 3. The molecule has 36 heavy (non-hydrogen) atoms. The van der Waals surface area contributed by atoms with Gasteiger partial charge < -0.3 is 20.4 Å². The first kappa shape index (κ1) is 23.8. The van der Waals surface area contributed by atoms with Gasteiger partial charge in [0.15, 0.2) is 0 Å². The molecule has 186 valence electrons. The lowest BCUT2D eigenvalue weighted by Gasteiger charge is -2.39. The standard InChI is InChI=1S/C28H31N5O3/c34-26(30-24-12-6-8-21-7-4-5-11-23(21)24)19-25-28(36)29-13-14-33(25)27(35)20-31-15-17-32(18-16-31)22-9-2-1-3-10-22/h1-12,25H,13-20H2,(H,29,36)(H,30,34). The number of fused-ring (bicyclic) bond motifs is 1. The summed E-state index contributed by atoms with van der Waals surface area (Å²) in [5, 5.41) is 7.71. The van der Waals surface area contributed by atoms with Crippen molar-refractivity contribution in [2.75, 3.05) is 56.0 Å². The van der Waals surface area contributed by atoms with Crippen molar-refractivity contribution < 1.29 is 14.4 Å². The number of hydrogen-bond acceptors (Lipinski definition) is 5. The highest BCUT2D eigenvalue weighted by molar-refractivity contribution is 6.04. The van der Waals surface area contributed by atoms with Crippen molar-refractivity contribution in [2.24, 2.45) is 0 Å². The Labute approximate surface area is 210 Å². The van der Waals surface area contributed by atoms with Gasteiger partial charge in [-0.15, -0.1) is 0 Å². The summed E-state index contributed by atoms with van der Waals surface area (Å²) in [6.45, 7) is 4.27. The van der Waals surface area contributed by atoms with Gasteiger partial charge in [0.05, 0.1) is 13.0 Å². The van der Waals surface area contributed by atoms with Crippen LogP contribution in [0.5, 0.6) is 0 Å². The molecule has 1 unspecified atom stereocenters. The predicted molar refractivity (Wildman–Crippen MR) is 141 cm³/mol. The van der Waals surface area contributed by atoms with Crippen LogP contribution < -0.4 is 15.5 Å². The van der Waals surface area contributed by atoms with E-state index in [1.54, 1.807) is 4.90 Å². The molecule has 0 radical (unpaired) electrons. The van der Waals surface area contributed by atoms with Gasteiger partial charge in [-0.05, 0) is 23.6 Å². The predicted octanol–water partition coefficient (Wildman–Crippen LogP) is 2.32. The Hall–Kier alpha value is -3.91. The molecule has 0 saturated carbocycles. The van der Waals surface area contributed by atoms with E-state index < -0.39 is 6.04 Å². The van der Waals surface area contributed by atoms with Gasteiger partial charge in [0.1, 0.15) is 6.04 Å². The maximum Gasteiger partial charge on any atom is 0.243 e. The SMILES string of the molecule is O=C(CC1C(=O)NCCN1C(=O)CN1CCN(c2ccccc2)CC1)Nc1cccc2ccccc12. The monoisotopic (exact) mass is 485 g/mol. The van der Waals surface area contributed by atoms with Gasteiger partial charge in [0.2, 0.25) is 17.7 Å². The highest BCUT2D eigenvalue weighted by atomic mass is 16.2. The van der Waals surface area contributed by atoms with Gasteiger partial charge in [-0.3, -0.25) is 19.3 Å². The molecule has 3 aromatic rings. The summed E-state index contributed by atoms with van der Waals surface area (Å²) >= 11 is 0. The van der Waals surface area contributed by atoms with Crippen molar-refractivity contribution in [3.8, 4) is 0 Å². The summed E-state index contributed by atoms with van der Waals surface area (Å²) in [5.41, 5.74) is 1.89. The number of carbonyl (C=O) groups excluding carboxylic acids is 3. The van der Waals surface area contributed by atoms with Crippen LogP contribution in [0.1, 0.15) is 6.42 Å². The number of para-hydroxylation sites is 1. The van der Waals surface area contributed by atoms with E-state index in [0.717, 1.165) is 37.0 Å². The van der Waals surface area contributed by atoms with Crippen molar-refractivity contribution in [2.45, 2.75) is 12.5 Å². The third-order valence-electron chi connectivity index (χ3n) is 6.95. The number of carbonyl (C=O) groups is 3. The molecular formula is C28H31N5O3. The molecule has 3 amide bonds. The second-order valence-corrected chi connectivity index (χ2v) is 9.27. The van der Waals surface area contributed by atoms with Gasteiger partial charge in [-0.2, -0.15) is 0 Å². The average Bonchev–Trinajstić information content (AvgIpc) is 2.91. The smallest absolute Gasteiger partial charge is 0.243 e. The zero-order chi connectivity index (χ0) is 24.9. The van der Waals surface area contributed by atoms with E-state index in [0.29, 0.717) is 18.8 Å². The number of benzene rings is 3. The van der Waals surface area contributed by atoms with Crippen LogP contribution in [-0.2, 0) is 14.4 Å². The van der Waals surface area contributed by atoms with Crippen molar-refractivity contribution >= 4 is 39.9 Å². The van der Waals surface area contributed by atoms with Gasteiger partial charge in [-0.1, -0.05) is 54.6 Å². The van der Waals surface area contributed by atoms with Crippen molar-refractivity contribution in [3.63, 3.8) is 0 Å². The highest BCUT2D eigenvalue weighted by Crippen LogP contribution is 2.23. The van der Waals surface area contributed by atoms with Crippen LogP contribution >= 0.6 is 0 Å². The number of nitrogens with one attached hydrogen (secondary N) is 2. The normalized spacial score (nSPS) is 18.7. The lowest BCUT2D eigenvalue weighted by Crippen LogP contribution is -2.60. The van der Waals surface area contributed by atoms with Crippen molar-refractivity contribution in [1.29, 1.82) is 0 Å². The number of nitrogens with zero attached hydrogens (tertiary/aromatic N) is 3. The molecule has 2 fully saturated rings. The quantitative estimate of drug-likeness (QED) is 0.560. The average molecular weight is 486 g/mol. The first-order valence-corrected chi connectivity index (χ1v) is 12.5. The van der Waals surface area contributed by atoms with Crippen LogP contribution in [0.3, 0.4) is 0 Å². The Morgan fingerprint density at radius 2 is 1.58 bits per heavy atom. The van der Waals surface area contributed by atoms with Gasteiger partial charge >= 0.3 is 0 Å². The topological polar surface area (TPSA) is 85.0 Å². The molecule has 1 atom stereocenters. The van der Waals surface area contributed by atoms with E-state index in [1.807, 2.05) is 60.7 Å². The number of hydrogen-bond donors (Lipinski definition) is 2. The molecule has 0 aliphatic carbocycles. The number of rotatable bonds is 6. The van der Waals surface area contributed by atoms with E-state index in [2.05, 4.69) is 32.6 Å². The third kappa shape index (κ3) is 5.33. The van der Waals surface area contributed by atoms with Crippen LogP contribution in [0.4, 0.5) is 11.4 Å². The van der Waals surface area contributed by atoms with Crippen LogP contribution in [0.2, 0.25) is 0 Å². The summed E-state index contributed by atoms with van der Waals surface area (Å²) in [7, 11) is 0. The zero-order valence-electron chi connectivity index (χ0n) is 20.2. The second-order valence-electron chi connectivity index (χ2n) is 9.27. The van der Waals surface area contributed by atoms with Gasteiger partial charge in [0.25, 0.3) is 0 Å². The highest BCUT2D eigenvalue weighted by Gasteiger charge is 2.35. The van der Waals surface area contributed by atoms with Crippen molar-refractivity contribution in [3.05, 3.63) is 72.8 Å². The van der Waals surface area contributed by atoms with Crippen LogP contribution in [-0.4, -0.2) is 79.4 Å². The first-order chi connectivity index (χ1) is 17.6. The minimum absolute atomic E-state index is 0.0808. The summed E-state index contributed by atoms with van der Waals surface area (Å²) < 4.78 is 0. The zero-order valence-corrected chi connectivity index (χ0v) is 20.2. The molecule has 2 aliphatic heterocycles. The lowest BCUT2D eigenvalue weighted by atomic mass is 10.1. The molecule has 3 aromatic carbocycles. The Morgan fingerprint density at radius 3 is 2.39 bits per heavy atom. The molecule has 5 rings (SSSR count). The molecule has 8 nitrogen and oxygen atoms in total. The van der Waals surface area contributed by atoms with Crippen LogP contribution in [0, 0.1) is 0 Å². The first-order valence-electron chi connectivity index (χ1n) is 12.5. The molecule has 2 N–H and O–H groups in total. The maximum atomic E-state index is 13.2. The molecule has 0 spiro atoms. The Bertz CT molecular complexity index is 1230. The number of piperazine rings is 2. The summed E-state index contributed by atoms with van der Waals surface area (Å²) in [6.07, 6.45) is -0.0808. The third-order valence-corrected chi connectivity index (χ3v) is 6.95. The Balaban J connectivity index is 1.20. The van der Waals surface area contributed by atoms with Gasteiger partial charge in [-0.25, -0.2) is 0 Å². The maximum absolute atomic E-state index is 13.2. The molecule has 8 heteroatoms. The summed E-state index contributed by atoms with van der Waals surface area (Å²) in [6, 6.07) is 23.0. The van der Waals surface area contributed by atoms with Crippen LogP contribution in [0.25, 0.3) is 10.8 Å². The molecular weight excluding hydrogens is 454 g/mol. The molecule has 2 heterocycles.